The molecular formula is C21H16N4O4S2. The Labute approximate surface area is 185 Å². The smallest absolute Gasteiger partial charge is 0.234 e. The predicted molar refractivity (Wildman–Crippen MR) is 119 cm³/mol. The van der Waals surface area contributed by atoms with Gasteiger partial charge < -0.3 is 19.5 Å². The molecule has 0 aliphatic carbocycles. The van der Waals surface area contributed by atoms with Gasteiger partial charge in [0.25, 0.3) is 0 Å². The summed E-state index contributed by atoms with van der Waals surface area (Å²) >= 11 is 2.67. The zero-order valence-electron chi connectivity index (χ0n) is 16.3. The van der Waals surface area contributed by atoms with E-state index in [9.17, 15) is 4.79 Å². The molecule has 1 amide bonds. The molecule has 10 heteroatoms. The number of rotatable bonds is 6. The summed E-state index contributed by atoms with van der Waals surface area (Å²) in [5.74, 6) is 2.14. The molecule has 0 bridgehead atoms. The van der Waals surface area contributed by atoms with Gasteiger partial charge in [0.1, 0.15) is 33.0 Å². The molecule has 1 aliphatic rings. The molecule has 3 heterocycles. The maximum atomic E-state index is 12.4. The number of aromatic nitrogens is 3. The standard InChI is InChI=1S/C21H16N4O4S2/c1-27-14-5-2-12(3-6-14)18-19-20(31-25-18)21(23-10-22-19)30-9-17(26)24-13-4-7-15-16(8-13)29-11-28-15/h2-8,10H,9,11H2,1H3,(H,24,26). The van der Waals surface area contributed by atoms with Gasteiger partial charge in [0, 0.05) is 17.3 Å². The summed E-state index contributed by atoms with van der Waals surface area (Å²) in [7, 11) is 1.63. The van der Waals surface area contributed by atoms with Gasteiger partial charge in [-0.25, -0.2) is 9.97 Å². The number of nitrogens with one attached hydrogen (secondary N) is 1. The second kappa shape index (κ2) is 8.40. The monoisotopic (exact) mass is 452 g/mol. The molecule has 0 radical (unpaired) electrons. The Kier molecular flexibility index (Phi) is 5.31. The van der Waals surface area contributed by atoms with Crippen LogP contribution < -0.4 is 19.5 Å². The van der Waals surface area contributed by atoms with Crippen LogP contribution in [0, 0.1) is 0 Å². The van der Waals surface area contributed by atoms with E-state index >= 15 is 0 Å². The highest BCUT2D eigenvalue weighted by Crippen LogP contribution is 2.36. The van der Waals surface area contributed by atoms with Crippen LogP contribution in [0.4, 0.5) is 5.69 Å². The van der Waals surface area contributed by atoms with Crippen molar-refractivity contribution in [1.82, 2.24) is 14.3 Å². The van der Waals surface area contributed by atoms with Crippen molar-refractivity contribution in [1.29, 1.82) is 0 Å². The molecule has 2 aromatic carbocycles. The van der Waals surface area contributed by atoms with E-state index < -0.39 is 0 Å². The van der Waals surface area contributed by atoms with Gasteiger partial charge in [-0.05, 0) is 47.9 Å². The molecule has 0 fully saturated rings. The first kappa shape index (κ1) is 19.6. The van der Waals surface area contributed by atoms with Crippen molar-refractivity contribution < 1.29 is 19.0 Å². The van der Waals surface area contributed by atoms with E-state index in [-0.39, 0.29) is 18.5 Å². The molecule has 4 aromatic rings. The SMILES string of the molecule is COc1ccc(-c2nsc3c(SCC(=O)Nc4ccc5c(c4)OCO5)ncnc23)cc1. The van der Waals surface area contributed by atoms with E-state index in [4.69, 9.17) is 14.2 Å². The fourth-order valence-electron chi connectivity index (χ4n) is 3.09. The van der Waals surface area contributed by atoms with Crippen LogP contribution in [0.3, 0.4) is 0 Å². The largest absolute Gasteiger partial charge is 0.497 e. The normalized spacial score (nSPS) is 12.2. The number of thioether (sulfide) groups is 1. The summed E-state index contributed by atoms with van der Waals surface area (Å²) < 4.78 is 21.3. The minimum absolute atomic E-state index is 0.143. The summed E-state index contributed by atoms with van der Waals surface area (Å²) in [6, 6.07) is 13.0. The van der Waals surface area contributed by atoms with Crippen LogP contribution in [-0.2, 0) is 4.79 Å². The molecule has 156 valence electrons. The first-order chi connectivity index (χ1) is 15.2. The van der Waals surface area contributed by atoms with E-state index in [2.05, 4.69) is 19.7 Å². The number of ether oxygens (including phenoxy) is 3. The number of methoxy groups -OCH3 is 1. The van der Waals surface area contributed by atoms with Crippen LogP contribution in [0.25, 0.3) is 21.5 Å². The van der Waals surface area contributed by atoms with Crippen molar-refractivity contribution in [2.24, 2.45) is 0 Å². The van der Waals surface area contributed by atoms with Gasteiger partial charge >= 0.3 is 0 Å². The Morgan fingerprint density at radius 1 is 1.16 bits per heavy atom. The van der Waals surface area contributed by atoms with Crippen molar-refractivity contribution >= 4 is 45.1 Å². The van der Waals surface area contributed by atoms with Gasteiger partial charge in [0.05, 0.1) is 12.9 Å². The van der Waals surface area contributed by atoms with E-state index in [1.54, 1.807) is 25.3 Å². The Hall–Kier alpha value is -3.37. The maximum absolute atomic E-state index is 12.4. The lowest BCUT2D eigenvalue weighted by Crippen LogP contribution is -2.14. The van der Waals surface area contributed by atoms with Gasteiger partial charge in [-0.15, -0.1) is 0 Å². The lowest BCUT2D eigenvalue weighted by molar-refractivity contribution is -0.113. The third-order valence-electron chi connectivity index (χ3n) is 4.58. The highest BCUT2D eigenvalue weighted by atomic mass is 32.2. The van der Waals surface area contributed by atoms with Crippen molar-refractivity contribution in [3.05, 3.63) is 48.8 Å². The third-order valence-corrected chi connectivity index (χ3v) is 6.55. The molecule has 1 N–H and O–H groups in total. The number of carbonyl (C=O) groups excluding carboxylic acids is 1. The molecule has 0 unspecified atom stereocenters. The number of hydrogen-bond acceptors (Lipinski definition) is 9. The van der Waals surface area contributed by atoms with E-state index in [1.165, 1.54) is 29.6 Å². The quantitative estimate of drug-likeness (QED) is 0.343. The number of anilines is 1. The fraction of sp³-hybridized carbons (Fsp3) is 0.143. The summed E-state index contributed by atoms with van der Waals surface area (Å²) in [5, 5.41) is 3.59. The number of carbonyl (C=O) groups is 1. The zero-order chi connectivity index (χ0) is 21.2. The molecule has 1 aliphatic heterocycles. The van der Waals surface area contributed by atoms with Gasteiger partial charge in [0.15, 0.2) is 11.5 Å². The Morgan fingerprint density at radius 3 is 2.84 bits per heavy atom. The number of nitrogens with zero attached hydrogens (tertiary/aromatic N) is 3. The van der Waals surface area contributed by atoms with Crippen molar-refractivity contribution in [2.75, 3.05) is 25.0 Å². The predicted octanol–water partition coefficient (Wildman–Crippen LogP) is 4.22. The Balaban J connectivity index is 1.30. The minimum Gasteiger partial charge on any atom is -0.497 e. The van der Waals surface area contributed by atoms with Crippen LogP contribution in [0.2, 0.25) is 0 Å². The highest BCUT2D eigenvalue weighted by molar-refractivity contribution is 8.00. The Morgan fingerprint density at radius 2 is 2.00 bits per heavy atom. The number of fused-ring (bicyclic) bond motifs is 2. The third kappa shape index (κ3) is 3.99. The van der Waals surface area contributed by atoms with Gasteiger partial charge in [0.2, 0.25) is 12.7 Å². The zero-order valence-corrected chi connectivity index (χ0v) is 18.0. The van der Waals surface area contributed by atoms with Crippen LogP contribution >= 0.6 is 23.3 Å². The maximum Gasteiger partial charge on any atom is 0.234 e. The summed E-state index contributed by atoms with van der Waals surface area (Å²) in [5.41, 5.74) is 3.16. The molecule has 5 rings (SSSR count). The second-order valence-corrected chi connectivity index (χ2v) is 8.26. The first-order valence-electron chi connectivity index (χ1n) is 9.28. The average molecular weight is 453 g/mol. The molecule has 0 saturated carbocycles. The van der Waals surface area contributed by atoms with Crippen LogP contribution in [0.1, 0.15) is 0 Å². The van der Waals surface area contributed by atoms with Crippen LogP contribution in [0.15, 0.2) is 53.8 Å². The number of benzene rings is 2. The van der Waals surface area contributed by atoms with Crippen molar-refractivity contribution in [3.63, 3.8) is 0 Å². The molecule has 2 aromatic heterocycles. The van der Waals surface area contributed by atoms with Gasteiger partial charge in [-0.1, -0.05) is 11.8 Å². The highest BCUT2D eigenvalue weighted by Gasteiger charge is 2.17. The molecule has 0 saturated heterocycles. The fourth-order valence-corrected chi connectivity index (χ4v) is 4.81. The number of amides is 1. The molecule has 0 atom stereocenters. The van der Waals surface area contributed by atoms with Gasteiger partial charge in [-0.2, -0.15) is 4.37 Å². The molecule has 8 nitrogen and oxygen atoms in total. The van der Waals surface area contributed by atoms with E-state index in [1.807, 2.05) is 24.3 Å². The molecule has 31 heavy (non-hydrogen) atoms. The van der Waals surface area contributed by atoms with Gasteiger partial charge in [-0.3, -0.25) is 4.79 Å². The summed E-state index contributed by atoms with van der Waals surface area (Å²) in [6.07, 6.45) is 1.50. The average Bonchev–Trinajstić information content (AvgIpc) is 3.44. The van der Waals surface area contributed by atoms with Crippen LogP contribution in [0.5, 0.6) is 17.2 Å². The first-order valence-corrected chi connectivity index (χ1v) is 11.0. The van der Waals surface area contributed by atoms with E-state index in [0.717, 1.165) is 32.2 Å². The van der Waals surface area contributed by atoms with Crippen molar-refractivity contribution in [2.45, 2.75) is 5.03 Å². The second-order valence-electron chi connectivity index (χ2n) is 6.52. The van der Waals surface area contributed by atoms with Crippen molar-refractivity contribution in [3.8, 4) is 28.5 Å². The Bertz CT molecular complexity index is 1260. The van der Waals surface area contributed by atoms with E-state index in [0.29, 0.717) is 17.2 Å². The molecule has 0 spiro atoms. The topological polar surface area (TPSA) is 95.5 Å². The summed E-state index contributed by atoms with van der Waals surface area (Å²) in [6.45, 7) is 0.194. The lowest BCUT2D eigenvalue weighted by Gasteiger charge is -2.06. The molecular weight excluding hydrogens is 436 g/mol. The number of hydrogen-bond donors (Lipinski definition) is 1. The lowest BCUT2D eigenvalue weighted by atomic mass is 10.1. The summed E-state index contributed by atoms with van der Waals surface area (Å²) in [4.78, 5) is 21.2. The van der Waals surface area contributed by atoms with Crippen LogP contribution in [-0.4, -0.2) is 39.9 Å². The minimum atomic E-state index is -0.143.